The van der Waals surface area contributed by atoms with Gasteiger partial charge in [-0.3, -0.25) is 4.57 Å². The van der Waals surface area contributed by atoms with Gasteiger partial charge >= 0.3 is 5.97 Å². The number of hydrogen-bond donors (Lipinski definition) is 0. The first-order chi connectivity index (χ1) is 4.81. The molecule has 0 unspecified atom stereocenters. The van der Waals surface area contributed by atoms with Gasteiger partial charge in [0.15, 0.2) is 8.46 Å². The number of carbonyl (C=O) groups excluding carboxylic acids is 1. The molecule has 4 heteroatoms. The predicted octanol–water partition coefficient (Wildman–Crippen LogP) is 1.40. The molecular weight excluding hydrogens is 151 g/mol. The van der Waals surface area contributed by atoms with Crippen LogP contribution in [-0.4, -0.2) is 18.7 Å². The smallest absolute Gasteiger partial charge is 0.330 e. The Morgan fingerprint density at radius 2 is 2.40 bits per heavy atom. The van der Waals surface area contributed by atoms with Crippen molar-refractivity contribution in [3.63, 3.8) is 0 Å². The summed E-state index contributed by atoms with van der Waals surface area (Å²) in [6, 6.07) is 0. The molecule has 0 aromatic rings. The lowest BCUT2D eigenvalue weighted by atomic mass is 10.5. The van der Waals surface area contributed by atoms with Gasteiger partial charge in [-0.2, -0.15) is 0 Å². The summed E-state index contributed by atoms with van der Waals surface area (Å²) in [5.41, 5.74) is 0. The monoisotopic (exact) mass is 160 g/mol. The van der Waals surface area contributed by atoms with Crippen LogP contribution < -0.4 is 0 Å². The van der Waals surface area contributed by atoms with Crippen LogP contribution in [0.3, 0.4) is 0 Å². The van der Waals surface area contributed by atoms with Crippen molar-refractivity contribution in [1.82, 2.24) is 0 Å². The Morgan fingerprint density at radius 3 is 2.90 bits per heavy atom. The Morgan fingerprint density at radius 1 is 1.70 bits per heavy atom. The lowest BCUT2D eigenvalue weighted by Crippen LogP contribution is -2.01. The minimum absolute atomic E-state index is 0.0942. The van der Waals surface area contributed by atoms with Crippen LogP contribution in [-0.2, 0) is 14.1 Å². The minimum atomic E-state index is -0.428. The highest BCUT2D eigenvalue weighted by Crippen LogP contribution is 1.95. The Hall–Kier alpha value is -0.690. The Labute approximate surface area is 61.3 Å². The fourth-order valence-electron chi connectivity index (χ4n) is 0.361. The maximum absolute atomic E-state index is 10.4. The van der Waals surface area contributed by atoms with Crippen molar-refractivity contribution in [2.75, 3.05) is 12.8 Å². The summed E-state index contributed by atoms with van der Waals surface area (Å²) in [6.07, 6.45) is 2.27. The van der Waals surface area contributed by atoms with Crippen molar-refractivity contribution in [1.29, 1.82) is 0 Å². The van der Waals surface area contributed by atoms with Gasteiger partial charge in [-0.15, -0.1) is 0 Å². The highest BCUT2D eigenvalue weighted by atomic mass is 31.1. The highest BCUT2D eigenvalue weighted by molar-refractivity contribution is 7.23. The summed E-state index contributed by atoms with van der Waals surface area (Å²) < 4.78 is 14.4. The molecule has 0 radical (unpaired) electrons. The first-order valence-electron chi connectivity index (χ1n) is 2.89. The van der Waals surface area contributed by atoms with Crippen LogP contribution in [0.4, 0.5) is 0 Å². The second-order valence-electron chi connectivity index (χ2n) is 1.58. The maximum atomic E-state index is 10.4. The van der Waals surface area contributed by atoms with Gasteiger partial charge in [0.25, 0.3) is 0 Å². The van der Waals surface area contributed by atoms with E-state index >= 15 is 0 Å². The van der Waals surface area contributed by atoms with E-state index < -0.39 is 5.97 Å². The van der Waals surface area contributed by atoms with Crippen molar-refractivity contribution in [3.8, 4) is 0 Å². The van der Waals surface area contributed by atoms with Gasteiger partial charge in [-0.25, -0.2) is 4.79 Å². The molecule has 0 N–H and O–H groups in total. The van der Waals surface area contributed by atoms with Crippen LogP contribution in [0.1, 0.15) is 6.42 Å². The average Bonchev–Trinajstić information content (AvgIpc) is 1.98. The highest BCUT2D eigenvalue weighted by Gasteiger charge is 1.93. The summed E-state index contributed by atoms with van der Waals surface area (Å²) in [5, 5.41) is 0. The third kappa shape index (κ3) is 5.45. The summed E-state index contributed by atoms with van der Waals surface area (Å²) in [6.45, 7) is 3.54. The molecule has 0 aliphatic heterocycles. The van der Waals surface area contributed by atoms with E-state index in [4.69, 9.17) is 0 Å². The van der Waals surface area contributed by atoms with Crippen LogP contribution in [0.5, 0.6) is 0 Å². The van der Waals surface area contributed by atoms with Crippen molar-refractivity contribution < 1.29 is 14.1 Å². The van der Waals surface area contributed by atoms with Gasteiger partial charge in [-0.05, 0) is 6.42 Å². The molecule has 0 spiro atoms. The second kappa shape index (κ2) is 6.43. The Kier molecular flexibility index (Phi) is 5.99. The Balaban J connectivity index is 3.11. The van der Waals surface area contributed by atoms with Crippen molar-refractivity contribution in [2.24, 2.45) is 0 Å². The van der Waals surface area contributed by atoms with E-state index in [0.717, 1.165) is 6.08 Å². The van der Waals surface area contributed by atoms with Crippen LogP contribution in [0, 0.1) is 0 Å². The molecule has 0 aliphatic rings. The van der Waals surface area contributed by atoms with Gasteiger partial charge in [0.2, 0.25) is 0 Å². The fourth-order valence-corrected chi connectivity index (χ4v) is 0.619. The van der Waals surface area contributed by atoms with Crippen LogP contribution in [0.2, 0.25) is 0 Å². The van der Waals surface area contributed by atoms with Gasteiger partial charge in [0.1, 0.15) is 0 Å². The standard InChI is InChI=1S/C6H9O3P/c1-2-6(7)9-4-3-5-10-8/h2H,1,3-5H2. The molecule has 0 saturated heterocycles. The summed E-state index contributed by atoms with van der Waals surface area (Å²) in [4.78, 5) is 10.4. The van der Waals surface area contributed by atoms with Crippen LogP contribution in [0.25, 0.3) is 0 Å². The summed E-state index contributed by atoms with van der Waals surface area (Å²) in [5.74, 6) is -0.428. The quantitative estimate of drug-likeness (QED) is 0.264. The van der Waals surface area contributed by atoms with E-state index in [1.165, 1.54) is 0 Å². The molecule has 0 aliphatic carbocycles. The SMILES string of the molecule is C=CC(=O)OCCCP=O. The van der Waals surface area contributed by atoms with Gasteiger partial charge in [0.05, 0.1) is 6.61 Å². The molecular formula is C6H9O3P. The zero-order valence-corrected chi connectivity index (χ0v) is 6.47. The zero-order chi connectivity index (χ0) is 7.82. The molecule has 10 heavy (non-hydrogen) atoms. The largest absolute Gasteiger partial charge is 0.463 e. The first kappa shape index (κ1) is 9.31. The fraction of sp³-hybridized carbons (Fsp3) is 0.500. The minimum Gasteiger partial charge on any atom is -0.463 e. The topological polar surface area (TPSA) is 43.4 Å². The van der Waals surface area contributed by atoms with Crippen molar-refractivity contribution in [2.45, 2.75) is 6.42 Å². The van der Waals surface area contributed by atoms with Crippen molar-refractivity contribution in [3.05, 3.63) is 12.7 Å². The van der Waals surface area contributed by atoms with E-state index in [1.54, 1.807) is 0 Å². The third-order valence-electron chi connectivity index (χ3n) is 0.805. The first-order valence-corrected chi connectivity index (χ1v) is 3.89. The van der Waals surface area contributed by atoms with E-state index in [0.29, 0.717) is 19.2 Å². The lowest BCUT2D eigenvalue weighted by molar-refractivity contribution is -0.137. The molecule has 3 nitrogen and oxygen atoms in total. The maximum Gasteiger partial charge on any atom is 0.330 e. The average molecular weight is 160 g/mol. The number of carbonyl (C=O) groups is 1. The molecule has 0 rings (SSSR count). The number of esters is 1. The molecule has 56 valence electrons. The van der Waals surface area contributed by atoms with Gasteiger partial charge < -0.3 is 4.74 Å². The molecule has 0 aromatic heterocycles. The Bertz CT molecular complexity index is 133. The van der Waals surface area contributed by atoms with E-state index in [1.807, 2.05) is 0 Å². The molecule has 0 aromatic carbocycles. The second-order valence-corrected chi connectivity index (χ2v) is 2.28. The summed E-state index contributed by atoms with van der Waals surface area (Å²) >= 11 is 0. The molecule has 0 bridgehead atoms. The van der Waals surface area contributed by atoms with E-state index in [2.05, 4.69) is 11.3 Å². The van der Waals surface area contributed by atoms with E-state index in [9.17, 15) is 9.36 Å². The van der Waals surface area contributed by atoms with Crippen molar-refractivity contribution >= 4 is 14.4 Å². The van der Waals surface area contributed by atoms with Crippen LogP contribution in [0.15, 0.2) is 12.7 Å². The molecule has 0 atom stereocenters. The summed E-state index contributed by atoms with van der Waals surface area (Å²) in [7, 11) is 0.0942. The van der Waals surface area contributed by atoms with Gasteiger partial charge in [-0.1, -0.05) is 6.58 Å². The van der Waals surface area contributed by atoms with Gasteiger partial charge in [0, 0.05) is 12.2 Å². The molecule has 0 fully saturated rings. The lowest BCUT2D eigenvalue weighted by Gasteiger charge is -1.96. The molecule has 0 heterocycles. The van der Waals surface area contributed by atoms with Crippen LogP contribution >= 0.6 is 8.46 Å². The molecule has 0 amide bonds. The number of ether oxygens (including phenoxy) is 1. The predicted molar refractivity (Wildman–Crippen MR) is 38.2 cm³/mol. The third-order valence-corrected chi connectivity index (χ3v) is 1.30. The van der Waals surface area contributed by atoms with E-state index in [-0.39, 0.29) is 8.46 Å². The number of rotatable bonds is 5. The number of hydrogen-bond acceptors (Lipinski definition) is 3. The zero-order valence-electron chi connectivity index (χ0n) is 5.58. The normalized spacial score (nSPS) is 9.20. The molecule has 0 saturated carbocycles.